The quantitative estimate of drug-likeness (QED) is 0.121. The summed E-state index contributed by atoms with van der Waals surface area (Å²) in [4.78, 5) is 39.5. The van der Waals surface area contributed by atoms with E-state index >= 15 is 0 Å². The first kappa shape index (κ1) is 31.6. The van der Waals surface area contributed by atoms with Gasteiger partial charge in [-0.3, -0.25) is 9.59 Å². The van der Waals surface area contributed by atoms with Crippen LogP contribution < -0.4 is 15.4 Å². The molecule has 2 aromatic heterocycles. The highest BCUT2D eigenvalue weighted by atomic mass is 32.2. The van der Waals surface area contributed by atoms with E-state index < -0.39 is 0 Å². The van der Waals surface area contributed by atoms with Crippen molar-refractivity contribution in [1.82, 2.24) is 20.1 Å². The third-order valence-corrected chi connectivity index (χ3v) is 8.98. The van der Waals surface area contributed by atoms with Crippen molar-refractivity contribution in [2.24, 2.45) is 0 Å². The number of aryl methyl sites for hydroxylation is 1. The Balaban J connectivity index is 1.36. The fourth-order valence-electron chi connectivity index (χ4n) is 4.60. The average molecular weight is 614 g/mol. The molecule has 1 aliphatic carbocycles. The molecule has 2 amide bonds. The molecule has 42 heavy (non-hydrogen) atoms. The molecule has 10 nitrogen and oxygen atoms in total. The molecule has 0 unspecified atom stereocenters. The Morgan fingerprint density at radius 1 is 1.05 bits per heavy atom. The largest absolute Gasteiger partial charge is 0.494 e. The number of amides is 2. The Morgan fingerprint density at radius 2 is 1.83 bits per heavy atom. The number of esters is 1. The van der Waals surface area contributed by atoms with Gasteiger partial charge in [-0.1, -0.05) is 38.5 Å². The van der Waals surface area contributed by atoms with E-state index in [4.69, 9.17) is 9.47 Å². The topological polar surface area (TPSA) is 124 Å². The number of thiophene rings is 1. The van der Waals surface area contributed by atoms with E-state index in [-0.39, 0.29) is 36.7 Å². The van der Waals surface area contributed by atoms with Crippen LogP contribution in [0.3, 0.4) is 0 Å². The van der Waals surface area contributed by atoms with Crippen molar-refractivity contribution < 1.29 is 23.9 Å². The van der Waals surface area contributed by atoms with Crippen molar-refractivity contribution >= 4 is 45.9 Å². The number of unbranched alkanes of at least 4 members (excludes halogenated alkanes) is 2. The van der Waals surface area contributed by atoms with Crippen LogP contribution in [0.2, 0.25) is 0 Å². The molecule has 3 aromatic rings. The van der Waals surface area contributed by atoms with Gasteiger partial charge in [0.2, 0.25) is 5.91 Å². The summed E-state index contributed by atoms with van der Waals surface area (Å²) in [5.41, 5.74) is 2.03. The second kappa shape index (κ2) is 15.7. The Bertz CT molecular complexity index is 1370. The third-order valence-electron chi connectivity index (χ3n) is 6.81. The molecule has 2 N–H and O–H groups in total. The Labute approximate surface area is 255 Å². The molecule has 0 aliphatic heterocycles. The van der Waals surface area contributed by atoms with Gasteiger partial charge in [0, 0.05) is 17.0 Å². The first-order valence-electron chi connectivity index (χ1n) is 14.6. The zero-order chi connectivity index (χ0) is 29.9. The summed E-state index contributed by atoms with van der Waals surface area (Å²) in [6.07, 6.45) is 6.67. The molecule has 0 atom stereocenters. The van der Waals surface area contributed by atoms with Gasteiger partial charge in [-0.15, -0.1) is 21.5 Å². The van der Waals surface area contributed by atoms with Crippen molar-refractivity contribution in [3.8, 4) is 5.75 Å². The van der Waals surface area contributed by atoms with Crippen LogP contribution in [-0.2, 0) is 35.5 Å². The number of rotatable bonds is 16. The molecule has 1 aliphatic rings. The standard InChI is InChI=1S/C30H39N5O5S2/c1-4-7-16-35-24(18-31-27(37)20-12-14-21(15-13-20)40-17-8-5-2)33-34-30(35)41-19-25(36)32-28-26(29(38)39-6-3)22-10-9-11-23(22)42-28/h12-15H,4-11,16-19H2,1-3H3,(H,31,37)(H,32,36). The summed E-state index contributed by atoms with van der Waals surface area (Å²) in [7, 11) is 0. The highest BCUT2D eigenvalue weighted by Gasteiger charge is 2.28. The van der Waals surface area contributed by atoms with E-state index in [2.05, 4.69) is 34.7 Å². The number of nitrogens with zero attached hydrogens (tertiary/aromatic N) is 3. The zero-order valence-electron chi connectivity index (χ0n) is 24.5. The summed E-state index contributed by atoms with van der Waals surface area (Å²) in [5, 5.41) is 15.6. The summed E-state index contributed by atoms with van der Waals surface area (Å²) in [6.45, 7) is 7.80. The molecule has 1 aromatic carbocycles. The van der Waals surface area contributed by atoms with Gasteiger partial charge < -0.3 is 24.7 Å². The van der Waals surface area contributed by atoms with Crippen LogP contribution in [0.25, 0.3) is 0 Å². The van der Waals surface area contributed by atoms with Gasteiger partial charge in [0.05, 0.1) is 31.1 Å². The van der Waals surface area contributed by atoms with Crippen molar-refractivity contribution in [3.05, 3.63) is 51.7 Å². The number of carbonyl (C=O) groups excluding carboxylic acids is 3. The lowest BCUT2D eigenvalue weighted by Gasteiger charge is -2.11. The van der Waals surface area contributed by atoms with Crippen LogP contribution in [0.5, 0.6) is 5.75 Å². The summed E-state index contributed by atoms with van der Waals surface area (Å²) < 4.78 is 12.9. The predicted octanol–water partition coefficient (Wildman–Crippen LogP) is 5.64. The number of thioether (sulfide) groups is 1. The first-order valence-corrected chi connectivity index (χ1v) is 16.4. The lowest BCUT2D eigenvalue weighted by Crippen LogP contribution is -2.25. The monoisotopic (exact) mass is 613 g/mol. The maximum Gasteiger partial charge on any atom is 0.341 e. The van der Waals surface area contributed by atoms with Crippen molar-refractivity contribution in [3.63, 3.8) is 0 Å². The molecule has 2 heterocycles. The van der Waals surface area contributed by atoms with Crippen LogP contribution >= 0.6 is 23.1 Å². The number of hydrogen-bond acceptors (Lipinski definition) is 9. The van der Waals surface area contributed by atoms with Crippen LogP contribution in [0, 0.1) is 0 Å². The second-order valence-electron chi connectivity index (χ2n) is 9.93. The maximum atomic E-state index is 12.9. The Morgan fingerprint density at radius 3 is 2.57 bits per heavy atom. The van der Waals surface area contributed by atoms with E-state index in [1.54, 1.807) is 31.2 Å². The Kier molecular flexibility index (Phi) is 11.8. The van der Waals surface area contributed by atoms with Gasteiger partial charge in [-0.2, -0.15) is 0 Å². The van der Waals surface area contributed by atoms with Crippen molar-refractivity contribution in [2.75, 3.05) is 24.3 Å². The Hall–Kier alpha value is -3.38. The van der Waals surface area contributed by atoms with Gasteiger partial charge in [-0.05, 0) is 68.9 Å². The fraction of sp³-hybridized carbons (Fsp3) is 0.500. The van der Waals surface area contributed by atoms with E-state index in [0.717, 1.165) is 61.1 Å². The SMILES string of the molecule is CCCCOc1ccc(C(=O)NCc2nnc(SCC(=O)Nc3sc4c(c3C(=O)OCC)CCC4)n2CCCC)cc1. The smallest absolute Gasteiger partial charge is 0.341 e. The minimum Gasteiger partial charge on any atom is -0.494 e. The number of nitrogens with one attached hydrogen (secondary N) is 2. The minimum absolute atomic E-state index is 0.105. The van der Waals surface area contributed by atoms with Gasteiger partial charge in [0.25, 0.3) is 5.91 Å². The van der Waals surface area contributed by atoms with E-state index in [1.165, 1.54) is 23.1 Å². The summed E-state index contributed by atoms with van der Waals surface area (Å²) in [6, 6.07) is 7.09. The van der Waals surface area contributed by atoms with E-state index in [0.29, 0.717) is 40.3 Å². The number of aromatic nitrogens is 3. The minimum atomic E-state index is -0.387. The molecule has 0 fully saturated rings. The number of benzene rings is 1. The van der Waals surface area contributed by atoms with Crippen LogP contribution in [-0.4, -0.2) is 51.5 Å². The number of carbonyl (C=O) groups is 3. The van der Waals surface area contributed by atoms with E-state index in [9.17, 15) is 14.4 Å². The van der Waals surface area contributed by atoms with Gasteiger partial charge in [-0.25, -0.2) is 4.79 Å². The van der Waals surface area contributed by atoms with Gasteiger partial charge in [0.1, 0.15) is 10.8 Å². The highest BCUT2D eigenvalue weighted by molar-refractivity contribution is 7.99. The first-order chi connectivity index (χ1) is 20.4. The third kappa shape index (κ3) is 8.13. The molecular weight excluding hydrogens is 574 g/mol. The van der Waals surface area contributed by atoms with Crippen molar-refractivity contribution in [2.45, 2.75) is 84.0 Å². The summed E-state index contributed by atoms with van der Waals surface area (Å²) >= 11 is 2.74. The lowest BCUT2D eigenvalue weighted by molar-refractivity contribution is -0.113. The molecule has 4 rings (SSSR count). The highest BCUT2D eigenvalue weighted by Crippen LogP contribution is 2.39. The normalized spacial score (nSPS) is 12.2. The van der Waals surface area contributed by atoms with Crippen LogP contribution in [0.1, 0.15) is 89.9 Å². The average Bonchev–Trinajstić information content (AvgIpc) is 3.69. The van der Waals surface area contributed by atoms with Gasteiger partial charge >= 0.3 is 5.97 Å². The second-order valence-corrected chi connectivity index (χ2v) is 12.0. The molecule has 0 spiro atoms. The molecule has 0 saturated carbocycles. The molecule has 226 valence electrons. The predicted molar refractivity (Wildman–Crippen MR) is 165 cm³/mol. The maximum absolute atomic E-state index is 12.9. The summed E-state index contributed by atoms with van der Waals surface area (Å²) in [5.74, 6) is 0.640. The number of anilines is 1. The number of fused-ring (bicyclic) bond motifs is 1. The number of ether oxygens (including phenoxy) is 2. The number of hydrogen-bond donors (Lipinski definition) is 2. The molecule has 0 saturated heterocycles. The molecule has 0 radical (unpaired) electrons. The van der Waals surface area contributed by atoms with E-state index in [1.807, 2.05) is 4.57 Å². The van der Waals surface area contributed by atoms with Crippen molar-refractivity contribution in [1.29, 1.82) is 0 Å². The lowest BCUT2D eigenvalue weighted by atomic mass is 10.1. The zero-order valence-corrected chi connectivity index (χ0v) is 26.1. The van der Waals surface area contributed by atoms with Crippen LogP contribution in [0.4, 0.5) is 5.00 Å². The molecule has 0 bridgehead atoms. The fourth-order valence-corrected chi connectivity index (χ4v) is 6.68. The molecule has 12 heteroatoms. The van der Waals surface area contributed by atoms with Gasteiger partial charge in [0.15, 0.2) is 11.0 Å². The molecular formula is C30H39N5O5S2. The van der Waals surface area contributed by atoms with Crippen LogP contribution in [0.15, 0.2) is 29.4 Å².